The SMILES string of the molecule is Cc1noc(-c2c(NC(=O)C3CC=CCC3C=O)sc3c2CCCC3)n1. The Morgan fingerprint density at radius 2 is 2.12 bits per heavy atom. The van der Waals surface area contributed by atoms with Crippen LogP contribution in [0.2, 0.25) is 0 Å². The highest BCUT2D eigenvalue weighted by Gasteiger charge is 2.31. The molecule has 0 saturated heterocycles. The maximum Gasteiger partial charge on any atom is 0.261 e. The third-order valence-corrected chi connectivity index (χ3v) is 6.35. The Labute approximate surface area is 155 Å². The number of carbonyl (C=O) groups excluding carboxylic acids is 2. The molecule has 0 radical (unpaired) electrons. The van der Waals surface area contributed by atoms with Crippen LogP contribution >= 0.6 is 11.3 Å². The van der Waals surface area contributed by atoms with E-state index in [4.69, 9.17) is 4.52 Å². The lowest BCUT2D eigenvalue weighted by atomic mass is 9.83. The molecule has 2 aromatic rings. The number of rotatable bonds is 4. The predicted molar refractivity (Wildman–Crippen MR) is 99.0 cm³/mol. The molecule has 26 heavy (non-hydrogen) atoms. The largest absolute Gasteiger partial charge is 0.334 e. The number of aryl methyl sites for hydroxylation is 2. The standard InChI is InChI=1S/C19H21N3O3S/c1-11-20-18(25-22-11)16-14-8-4-5-9-15(14)26-19(16)21-17(24)13-7-3-2-6-12(13)10-23/h2-3,10,12-13H,4-9H2,1H3,(H,21,24). The first-order chi connectivity index (χ1) is 12.7. The zero-order valence-electron chi connectivity index (χ0n) is 14.7. The van der Waals surface area contributed by atoms with Gasteiger partial charge in [0.1, 0.15) is 11.3 Å². The van der Waals surface area contributed by atoms with Gasteiger partial charge in [-0.05, 0) is 51.0 Å². The van der Waals surface area contributed by atoms with Crippen LogP contribution in [0.4, 0.5) is 5.00 Å². The quantitative estimate of drug-likeness (QED) is 0.654. The van der Waals surface area contributed by atoms with Crippen molar-refractivity contribution in [1.82, 2.24) is 10.1 Å². The summed E-state index contributed by atoms with van der Waals surface area (Å²) in [6, 6.07) is 0. The lowest BCUT2D eigenvalue weighted by Gasteiger charge is -2.23. The second kappa shape index (κ2) is 7.15. The third kappa shape index (κ3) is 3.11. The summed E-state index contributed by atoms with van der Waals surface area (Å²) in [5.74, 6) is 0.347. The van der Waals surface area contributed by atoms with Gasteiger partial charge in [0.15, 0.2) is 5.82 Å². The van der Waals surface area contributed by atoms with Gasteiger partial charge in [-0.3, -0.25) is 4.79 Å². The zero-order valence-corrected chi connectivity index (χ0v) is 15.5. The lowest BCUT2D eigenvalue weighted by Crippen LogP contribution is -2.31. The second-order valence-electron chi connectivity index (χ2n) is 6.90. The van der Waals surface area contributed by atoms with Gasteiger partial charge >= 0.3 is 0 Å². The number of allylic oxidation sites excluding steroid dienone is 2. The minimum Gasteiger partial charge on any atom is -0.334 e. The van der Waals surface area contributed by atoms with Crippen molar-refractivity contribution in [2.75, 3.05) is 5.32 Å². The van der Waals surface area contributed by atoms with Gasteiger partial charge in [-0.2, -0.15) is 4.98 Å². The highest BCUT2D eigenvalue weighted by molar-refractivity contribution is 7.17. The van der Waals surface area contributed by atoms with E-state index in [0.29, 0.717) is 24.6 Å². The van der Waals surface area contributed by atoms with Gasteiger partial charge in [-0.25, -0.2) is 0 Å². The van der Waals surface area contributed by atoms with E-state index in [1.165, 1.54) is 10.4 Å². The van der Waals surface area contributed by atoms with Crippen molar-refractivity contribution in [2.24, 2.45) is 11.8 Å². The molecule has 2 aromatic heterocycles. The molecule has 0 aromatic carbocycles. The second-order valence-corrected chi connectivity index (χ2v) is 8.01. The number of aromatic nitrogens is 2. The summed E-state index contributed by atoms with van der Waals surface area (Å²) < 4.78 is 5.41. The Morgan fingerprint density at radius 3 is 2.88 bits per heavy atom. The molecule has 0 aliphatic heterocycles. The van der Waals surface area contributed by atoms with E-state index in [2.05, 4.69) is 15.5 Å². The Morgan fingerprint density at radius 1 is 1.31 bits per heavy atom. The maximum absolute atomic E-state index is 12.9. The van der Waals surface area contributed by atoms with E-state index >= 15 is 0 Å². The summed E-state index contributed by atoms with van der Waals surface area (Å²) >= 11 is 1.60. The number of hydrogen-bond donors (Lipinski definition) is 1. The molecule has 136 valence electrons. The van der Waals surface area contributed by atoms with Crippen LogP contribution in [-0.4, -0.2) is 22.3 Å². The van der Waals surface area contributed by atoms with Gasteiger partial charge in [-0.1, -0.05) is 17.3 Å². The van der Waals surface area contributed by atoms with Gasteiger partial charge in [0, 0.05) is 10.8 Å². The van der Waals surface area contributed by atoms with Crippen molar-refractivity contribution in [1.29, 1.82) is 0 Å². The fraction of sp³-hybridized carbons (Fsp3) is 0.474. The topological polar surface area (TPSA) is 85.1 Å². The average Bonchev–Trinajstić information content (AvgIpc) is 3.24. The average molecular weight is 371 g/mol. The highest BCUT2D eigenvalue weighted by atomic mass is 32.1. The van der Waals surface area contributed by atoms with Crippen LogP contribution in [0.25, 0.3) is 11.5 Å². The van der Waals surface area contributed by atoms with Gasteiger partial charge < -0.3 is 14.6 Å². The van der Waals surface area contributed by atoms with Gasteiger partial charge in [-0.15, -0.1) is 11.3 Å². The molecule has 2 heterocycles. The first kappa shape index (κ1) is 17.1. The van der Waals surface area contributed by atoms with Crippen molar-refractivity contribution in [2.45, 2.75) is 45.4 Å². The molecule has 0 spiro atoms. The number of hydrogen-bond acceptors (Lipinski definition) is 6. The maximum atomic E-state index is 12.9. The number of carbonyl (C=O) groups is 2. The number of aldehydes is 1. The Balaban J connectivity index is 1.68. The number of amides is 1. The Kier molecular flexibility index (Phi) is 4.72. The molecule has 1 amide bonds. The molecule has 1 N–H and O–H groups in total. The first-order valence-electron chi connectivity index (χ1n) is 9.03. The third-order valence-electron chi connectivity index (χ3n) is 5.14. The molecule has 2 aliphatic rings. The molecule has 2 atom stereocenters. The molecule has 2 aliphatic carbocycles. The van der Waals surface area contributed by atoms with Crippen LogP contribution < -0.4 is 5.32 Å². The van der Waals surface area contributed by atoms with Crippen molar-refractivity contribution in [3.63, 3.8) is 0 Å². The molecule has 0 fully saturated rings. The van der Waals surface area contributed by atoms with Crippen LogP contribution in [0.1, 0.15) is 41.9 Å². The Bertz CT molecular complexity index is 868. The summed E-state index contributed by atoms with van der Waals surface area (Å²) in [5, 5.41) is 7.74. The molecule has 7 heteroatoms. The van der Waals surface area contributed by atoms with E-state index in [1.807, 2.05) is 12.2 Å². The van der Waals surface area contributed by atoms with Crippen molar-refractivity contribution >= 4 is 28.5 Å². The smallest absolute Gasteiger partial charge is 0.261 e. The zero-order chi connectivity index (χ0) is 18.1. The molecule has 2 unspecified atom stereocenters. The number of nitrogens with zero attached hydrogens (tertiary/aromatic N) is 2. The molecule has 4 rings (SSSR count). The van der Waals surface area contributed by atoms with Gasteiger partial charge in [0.25, 0.3) is 5.89 Å². The van der Waals surface area contributed by atoms with Gasteiger partial charge in [0.2, 0.25) is 5.91 Å². The Hall–Kier alpha value is -2.28. The van der Waals surface area contributed by atoms with Crippen LogP contribution in [0, 0.1) is 18.8 Å². The summed E-state index contributed by atoms with van der Waals surface area (Å²) in [6.45, 7) is 1.78. The fourth-order valence-corrected chi connectivity index (χ4v) is 5.05. The van der Waals surface area contributed by atoms with Crippen LogP contribution in [-0.2, 0) is 22.4 Å². The van der Waals surface area contributed by atoms with E-state index in [9.17, 15) is 9.59 Å². The normalized spacial score (nSPS) is 22.0. The number of anilines is 1. The molecule has 6 nitrogen and oxygen atoms in total. The van der Waals surface area contributed by atoms with Gasteiger partial charge in [0.05, 0.1) is 11.5 Å². The molecule has 0 bridgehead atoms. The summed E-state index contributed by atoms with van der Waals surface area (Å²) in [7, 11) is 0. The van der Waals surface area contributed by atoms with E-state index < -0.39 is 0 Å². The number of fused-ring (bicyclic) bond motifs is 1. The van der Waals surface area contributed by atoms with Crippen LogP contribution in [0.15, 0.2) is 16.7 Å². The molecular weight excluding hydrogens is 350 g/mol. The number of thiophene rings is 1. The van der Waals surface area contributed by atoms with Crippen LogP contribution in [0.3, 0.4) is 0 Å². The summed E-state index contributed by atoms with van der Waals surface area (Å²) in [5.41, 5.74) is 2.09. The van der Waals surface area contributed by atoms with E-state index in [0.717, 1.165) is 42.5 Å². The lowest BCUT2D eigenvalue weighted by molar-refractivity contribution is -0.125. The van der Waals surface area contributed by atoms with E-state index in [1.54, 1.807) is 18.3 Å². The fourth-order valence-electron chi connectivity index (χ4n) is 3.77. The molecular formula is C19H21N3O3S. The highest BCUT2D eigenvalue weighted by Crippen LogP contribution is 2.44. The summed E-state index contributed by atoms with van der Waals surface area (Å²) in [6.07, 6.45) is 10.3. The van der Waals surface area contributed by atoms with Crippen molar-refractivity contribution < 1.29 is 14.1 Å². The first-order valence-corrected chi connectivity index (χ1v) is 9.85. The van der Waals surface area contributed by atoms with Crippen molar-refractivity contribution in [3.05, 3.63) is 28.4 Å². The summed E-state index contributed by atoms with van der Waals surface area (Å²) in [4.78, 5) is 29.9. The molecule has 0 saturated carbocycles. The monoisotopic (exact) mass is 371 g/mol. The van der Waals surface area contributed by atoms with Crippen LogP contribution in [0.5, 0.6) is 0 Å². The minimum atomic E-state index is -0.325. The predicted octanol–water partition coefficient (Wildman–Crippen LogP) is 3.71. The van der Waals surface area contributed by atoms with Crippen molar-refractivity contribution in [3.8, 4) is 11.5 Å². The minimum absolute atomic E-state index is 0.109. The number of nitrogens with one attached hydrogen (secondary N) is 1. The van der Waals surface area contributed by atoms with E-state index in [-0.39, 0.29) is 17.7 Å².